The SMILES string of the molecule is Nc1nc(C(=O)O)c(CCc2cccc3ccccc23)s1. The number of nitrogens with zero attached hydrogens (tertiary/aromatic N) is 1. The summed E-state index contributed by atoms with van der Waals surface area (Å²) in [5, 5.41) is 11.8. The summed E-state index contributed by atoms with van der Waals surface area (Å²) in [6, 6.07) is 14.4. The molecule has 4 nitrogen and oxygen atoms in total. The molecule has 0 unspecified atom stereocenters. The van der Waals surface area contributed by atoms with E-state index >= 15 is 0 Å². The van der Waals surface area contributed by atoms with Crippen LogP contribution in [0.3, 0.4) is 0 Å². The van der Waals surface area contributed by atoms with E-state index in [2.05, 4.69) is 29.2 Å². The number of benzene rings is 2. The molecule has 21 heavy (non-hydrogen) atoms. The van der Waals surface area contributed by atoms with Gasteiger partial charge >= 0.3 is 5.97 Å². The van der Waals surface area contributed by atoms with Gasteiger partial charge in [-0.2, -0.15) is 0 Å². The van der Waals surface area contributed by atoms with Gasteiger partial charge in [-0.1, -0.05) is 42.5 Å². The Morgan fingerprint density at radius 3 is 2.71 bits per heavy atom. The standard InChI is InChI=1S/C16H14N2O2S/c17-16-18-14(15(19)20)13(21-16)9-8-11-6-3-5-10-4-1-2-7-12(10)11/h1-7H,8-9H2,(H2,17,18)(H,19,20). The number of hydrogen-bond donors (Lipinski definition) is 2. The molecule has 0 aliphatic carbocycles. The van der Waals surface area contributed by atoms with Gasteiger partial charge in [0.2, 0.25) is 0 Å². The lowest BCUT2D eigenvalue weighted by atomic mass is 10.0. The van der Waals surface area contributed by atoms with Crippen LogP contribution in [0.2, 0.25) is 0 Å². The predicted octanol–water partition coefficient (Wildman–Crippen LogP) is 3.36. The van der Waals surface area contributed by atoms with Crippen LogP contribution in [-0.2, 0) is 12.8 Å². The molecule has 0 bridgehead atoms. The third-order valence-corrected chi connectivity index (χ3v) is 4.36. The van der Waals surface area contributed by atoms with E-state index in [9.17, 15) is 4.79 Å². The average molecular weight is 298 g/mol. The lowest BCUT2D eigenvalue weighted by Gasteiger charge is -2.06. The molecule has 3 N–H and O–H groups in total. The predicted molar refractivity (Wildman–Crippen MR) is 84.8 cm³/mol. The molecule has 5 heteroatoms. The van der Waals surface area contributed by atoms with Gasteiger partial charge in [0, 0.05) is 4.88 Å². The summed E-state index contributed by atoms with van der Waals surface area (Å²) in [7, 11) is 0. The van der Waals surface area contributed by atoms with Crippen molar-refractivity contribution in [2.45, 2.75) is 12.8 Å². The van der Waals surface area contributed by atoms with Crippen molar-refractivity contribution >= 4 is 33.2 Å². The van der Waals surface area contributed by atoms with Gasteiger partial charge in [0.05, 0.1) is 0 Å². The highest BCUT2D eigenvalue weighted by Gasteiger charge is 2.16. The Kier molecular flexibility index (Phi) is 3.58. The molecule has 0 atom stereocenters. The second-order valence-electron chi connectivity index (χ2n) is 4.77. The number of fused-ring (bicyclic) bond motifs is 1. The molecular weight excluding hydrogens is 284 g/mol. The number of carboxylic acids is 1. The first-order valence-electron chi connectivity index (χ1n) is 6.60. The number of rotatable bonds is 4. The Morgan fingerprint density at radius 2 is 1.90 bits per heavy atom. The highest BCUT2D eigenvalue weighted by atomic mass is 32.1. The summed E-state index contributed by atoms with van der Waals surface area (Å²) < 4.78 is 0. The summed E-state index contributed by atoms with van der Waals surface area (Å²) in [4.78, 5) is 15.8. The molecule has 106 valence electrons. The maximum Gasteiger partial charge on any atom is 0.355 e. The van der Waals surface area contributed by atoms with Gasteiger partial charge in [0.25, 0.3) is 0 Å². The molecule has 2 aromatic carbocycles. The summed E-state index contributed by atoms with van der Waals surface area (Å²) in [6.45, 7) is 0. The number of aromatic nitrogens is 1. The normalized spacial score (nSPS) is 10.9. The van der Waals surface area contributed by atoms with Crippen molar-refractivity contribution in [1.82, 2.24) is 4.98 Å². The number of carboxylic acid groups (broad SMARTS) is 1. The zero-order valence-corrected chi connectivity index (χ0v) is 12.1. The Bertz CT molecular complexity index is 806. The lowest BCUT2D eigenvalue weighted by Crippen LogP contribution is -2.02. The fraction of sp³-hybridized carbons (Fsp3) is 0.125. The van der Waals surface area contributed by atoms with Crippen molar-refractivity contribution in [3.63, 3.8) is 0 Å². The highest BCUT2D eigenvalue weighted by Crippen LogP contribution is 2.25. The van der Waals surface area contributed by atoms with Crippen LogP contribution in [-0.4, -0.2) is 16.1 Å². The fourth-order valence-corrected chi connectivity index (χ4v) is 3.29. The summed E-state index contributed by atoms with van der Waals surface area (Å²) in [6.07, 6.45) is 1.40. The summed E-state index contributed by atoms with van der Waals surface area (Å²) in [5.74, 6) is -1.02. The molecule has 0 fully saturated rings. The molecule has 3 aromatic rings. The molecule has 0 aliphatic rings. The first-order chi connectivity index (χ1) is 10.1. The minimum atomic E-state index is -1.02. The largest absolute Gasteiger partial charge is 0.476 e. The van der Waals surface area contributed by atoms with Crippen molar-refractivity contribution < 1.29 is 9.90 Å². The third-order valence-electron chi connectivity index (χ3n) is 3.42. The van der Waals surface area contributed by atoms with E-state index in [-0.39, 0.29) is 5.69 Å². The van der Waals surface area contributed by atoms with Crippen LogP contribution in [0.25, 0.3) is 10.8 Å². The number of nitrogen functional groups attached to an aromatic ring is 1. The number of aromatic carboxylic acids is 1. The number of thiazole rings is 1. The van der Waals surface area contributed by atoms with Crippen LogP contribution in [0.1, 0.15) is 20.9 Å². The monoisotopic (exact) mass is 298 g/mol. The molecule has 0 radical (unpaired) electrons. The number of nitrogens with two attached hydrogens (primary N) is 1. The van der Waals surface area contributed by atoms with Crippen molar-refractivity contribution in [2.24, 2.45) is 0 Å². The molecule has 3 rings (SSSR count). The Hall–Kier alpha value is -2.40. The molecule has 0 saturated heterocycles. The lowest BCUT2D eigenvalue weighted by molar-refractivity contribution is 0.0690. The van der Waals surface area contributed by atoms with Crippen LogP contribution in [0, 0.1) is 0 Å². The second kappa shape index (κ2) is 5.54. The van der Waals surface area contributed by atoms with Crippen LogP contribution < -0.4 is 5.73 Å². The van der Waals surface area contributed by atoms with Gasteiger partial charge < -0.3 is 10.8 Å². The van der Waals surface area contributed by atoms with Crippen molar-refractivity contribution in [3.8, 4) is 0 Å². The highest BCUT2D eigenvalue weighted by molar-refractivity contribution is 7.15. The molecule has 1 heterocycles. The quantitative estimate of drug-likeness (QED) is 0.774. The number of aryl methyl sites for hydroxylation is 2. The zero-order chi connectivity index (χ0) is 14.8. The van der Waals surface area contributed by atoms with Gasteiger partial charge in [0.1, 0.15) is 0 Å². The van der Waals surface area contributed by atoms with Crippen molar-refractivity contribution in [3.05, 3.63) is 58.6 Å². The molecule has 0 aliphatic heterocycles. The van der Waals surface area contributed by atoms with E-state index in [1.807, 2.05) is 18.2 Å². The Labute approximate surface area is 125 Å². The Morgan fingerprint density at radius 1 is 1.14 bits per heavy atom. The van der Waals surface area contributed by atoms with E-state index in [0.717, 1.165) is 11.3 Å². The first-order valence-corrected chi connectivity index (χ1v) is 7.42. The summed E-state index contributed by atoms with van der Waals surface area (Å²) in [5.41, 5.74) is 6.91. The first kappa shape index (κ1) is 13.6. The van der Waals surface area contributed by atoms with Crippen molar-refractivity contribution in [2.75, 3.05) is 5.73 Å². The van der Waals surface area contributed by atoms with Crippen LogP contribution in [0.4, 0.5) is 5.13 Å². The van der Waals surface area contributed by atoms with Crippen molar-refractivity contribution in [1.29, 1.82) is 0 Å². The second-order valence-corrected chi connectivity index (χ2v) is 5.88. The van der Waals surface area contributed by atoms with Crippen LogP contribution >= 0.6 is 11.3 Å². The molecule has 1 aromatic heterocycles. The maximum absolute atomic E-state index is 11.1. The Balaban J connectivity index is 1.89. The third kappa shape index (κ3) is 2.73. The molecule has 0 amide bonds. The van der Waals surface area contributed by atoms with Crippen LogP contribution in [0.5, 0.6) is 0 Å². The van der Waals surface area contributed by atoms with Gasteiger partial charge in [0.15, 0.2) is 10.8 Å². The zero-order valence-electron chi connectivity index (χ0n) is 11.2. The molecule has 0 spiro atoms. The molecular formula is C16H14N2O2S. The number of anilines is 1. The van der Waals surface area contributed by atoms with E-state index < -0.39 is 5.97 Å². The summed E-state index contributed by atoms with van der Waals surface area (Å²) >= 11 is 1.25. The minimum Gasteiger partial charge on any atom is -0.476 e. The number of carbonyl (C=O) groups is 1. The molecule has 0 saturated carbocycles. The topological polar surface area (TPSA) is 76.2 Å². The van der Waals surface area contributed by atoms with E-state index in [0.29, 0.717) is 11.6 Å². The smallest absolute Gasteiger partial charge is 0.355 e. The van der Waals surface area contributed by atoms with Gasteiger partial charge in [-0.05, 0) is 29.2 Å². The average Bonchev–Trinajstić information content (AvgIpc) is 2.86. The van der Waals surface area contributed by atoms with Gasteiger partial charge in [-0.3, -0.25) is 0 Å². The van der Waals surface area contributed by atoms with Crippen LogP contribution in [0.15, 0.2) is 42.5 Å². The van der Waals surface area contributed by atoms with Gasteiger partial charge in [-0.25, -0.2) is 9.78 Å². The van der Waals surface area contributed by atoms with E-state index in [4.69, 9.17) is 10.8 Å². The fourth-order valence-electron chi connectivity index (χ4n) is 2.47. The van der Waals surface area contributed by atoms with E-state index in [1.54, 1.807) is 0 Å². The number of hydrogen-bond acceptors (Lipinski definition) is 4. The minimum absolute atomic E-state index is 0.0812. The van der Waals surface area contributed by atoms with Gasteiger partial charge in [-0.15, -0.1) is 11.3 Å². The van der Waals surface area contributed by atoms with E-state index in [1.165, 1.54) is 27.7 Å². The maximum atomic E-state index is 11.1.